The van der Waals surface area contributed by atoms with Crippen molar-refractivity contribution in [3.8, 4) is 0 Å². The van der Waals surface area contributed by atoms with Gasteiger partial charge >= 0.3 is 0 Å². The van der Waals surface area contributed by atoms with Crippen LogP contribution in [-0.2, 0) is 16.6 Å². The molecule has 6 nitrogen and oxygen atoms in total. The molecular formula is C18H27N3O3. The van der Waals surface area contributed by atoms with Crippen LogP contribution in [0.25, 0.3) is 0 Å². The zero-order chi connectivity index (χ0) is 16.8. The highest BCUT2D eigenvalue weighted by atomic mass is 16.5. The van der Waals surface area contributed by atoms with Crippen LogP contribution in [0.2, 0.25) is 0 Å². The van der Waals surface area contributed by atoms with Crippen LogP contribution < -0.4 is 5.32 Å². The van der Waals surface area contributed by atoms with Gasteiger partial charge in [0.15, 0.2) is 0 Å². The molecule has 6 heteroatoms. The minimum absolute atomic E-state index is 0.0388. The number of aryl methyl sites for hydroxylation is 1. The molecular weight excluding hydrogens is 306 g/mol. The van der Waals surface area contributed by atoms with Crippen molar-refractivity contribution in [1.29, 1.82) is 0 Å². The van der Waals surface area contributed by atoms with Crippen LogP contribution in [0.15, 0.2) is 12.4 Å². The third-order valence-corrected chi connectivity index (χ3v) is 6.39. The average Bonchev–Trinajstić information content (AvgIpc) is 3.25. The second-order valence-electron chi connectivity index (χ2n) is 7.82. The Hall–Kier alpha value is -1.40. The molecule has 0 unspecified atom stereocenters. The van der Waals surface area contributed by atoms with Gasteiger partial charge in [-0.25, -0.2) is 4.98 Å². The van der Waals surface area contributed by atoms with Gasteiger partial charge in [-0.1, -0.05) is 0 Å². The van der Waals surface area contributed by atoms with E-state index in [4.69, 9.17) is 4.74 Å². The van der Waals surface area contributed by atoms with E-state index in [-0.39, 0.29) is 23.3 Å². The maximum Gasteiger partial charge on any atom is 0.226 e. The van der Waals surface area contributed by atoms with Crippen LogP contribution >= 0.6 is 0 Å². The molecule has 2 N–H and O–H groups in total. The number of nitrogens with one attached hydrogen (secondary N) is 1. The second kappa shape index (κ2) is 5.85. The van der Waals surface area contributed by atoms with Crippen molar-refractivity contribution in [3.63, 3.8) is 0 Å². The lowest BCUT2D eigenvalue weighted by Crippen LogP contribution is -2.51. The second-order valence-corrected chi connectivity index (χ2v) is 7.82. The van der Waals surface area contributed by atoms with Gasteiger partial charge in [0.2, 0.25) is 5.91 Å². The van der Waals surface area contributed by atoms with E-state index in [2.05, 4.69) is 10.3 Å². The van der Waals surface area contributed by atoms with E-state index in [0.29, 0.717) is 13.2 Å². The van der Waals surface area contributed by atoms with Gasteiger partial charge in [0, 0.05) is 38.0 Å². The van der Waals surface area contributed by atoms with E-state index in [1.165, 1.54) is 0 Å². The van der Waals surface area contributed by atoms with Gasteiger partial charge in [-0.2, -0.15) is 0 Å². The fourth-order valence-corrected chi connectivity index (χ4v) is 4.34. The molecule has 1 aromatic heterocycles. The number of ether oxygens (including phenoxy) is 1. The molecule has 1 aliphatic heterocycles. The zero-order valence-electron chi connectivity index (χ0n) is 14.3. The summed E-state index contributed by atoms with van der Waals surface area (Å²) in [6, 6.07) is 0. The Bertz CT molecular complexity index is 619. The van der Waals surface area contributed by atoms with Crippen LogP contribution in [0, 0.1) is 11.3 Å². The van der Waals surface area contributed by atoms with Crippen molar-refractivity contribution in [2.75, 3.05) is 13.2 Å². The first-order valence-corrected chi connectivity index (χ1v) is 9.14. The minimum atomic E-state index is -0.539. The van der Waals surface area contributed by atoms with Crippen molar-refractivity contribution in [2.45, 2.75) is 56.7 Å². The summed E-state index contributed by atoms with van der Waals surface area (Å²) in [5.74, 6) is 0.650. The fourth-order valence-electron chi connectivity index (χ4n) is 4.34. The van der Waals surface area contributed by atoms with Gasteiger partial charge in [0.1, 0.15) is 11.9 Å². The maximum atomic E-state index is 12.8. The van der Waals surface area contributed by atoms with Gasteiger partial charge in [-0.05, 0) is 44.9 Å². The molecule has 2 atom stereocenters. The quantitative estimate of drug-likeness (QED) is 0.860. The highest BCUT2D eigenvalue weighted by Crippen LogP contribution is 2.60. The lowest BCUT2D eigenvalue weighted by molar-refractivity contribution is -0.137. The van der Waals surface area contributed by atoms with Crippen molar-refractivity contribution in [3.05, 3.63) is 18.2 Å². The van der Waals surface area contributed by atoms with Crippen LogP contribution in [-0.4, -0.2) is 39.3 Å². The van der Waals surface area contributed by atoms with E-state index in [9.17, 15) is 9.90 Å². The number of hydrogen-bond acceptors (Lipinski definition) is 4. The Morgan fingerprint density at radius 2 is 2.21 bits per heavy atom. The number of nitrogens with zero attached hydrogens (tertiary/aromatic N) is 2. The first-order valence-electron chi connectivity index (χ1n) is 9.14. The summed E-state index contributed by atoms with van der Waals surface area (Å²) in [5.41, 5.74) is -0.614. The molecule has 2 saturated carbocycles. The molecule has 24 heavy (non-hydrogen) atoms. The molecule has 0 radical (unpaired) electrons. The molecule has 1 amide bonds. The summed E-state index contributed by atoms with van der Waals surface area (Å²) in [6.07, 6.45) is 9.97. The van der Waals surface area contributed by atoms with Gasteiger partial charge in [0.25, 0.3) is 0 Å². The molecule has 4 rings (SSSR count). The smallest absolute Gasteiger partial charge is 0.226 e. The third-order valence-electron chi connectivity index (χ3n) is 6.39. The summed E-state index contributed by atoms with van der Waals surface area (Å²) in [5, 5.41) is 13.8. The number of aliphatic hydroxyl groups is 1. The predicted octanol–water partition coefficient (Wildman–Crippen LogP) is 1.70. The van der Waals surface area contributed by atoms with Gasteiger partial charge in [-0.15, -0.1) is 0 Å². The van der Waals surface area contributed by atoms with E-state index >= 15 is 0 Å². The Balaban J connectivity index is 1.42. The Morgan fingerprint density at radius 3 is 2.79 bits per heavy atom. The molecule has 132 valence electrons. The van der Waals surface area contributed by atoms with Gasteiger partial charge < -0.3 is 19.7 Å². The predicted molar refractivity (Wildman–Crippen MR) is 88.1 cm³/mol. The van der Waals surface area contributed by atoms with E-state index in [0.717, 1.165) is 50.8 Å². The summed E-state index contributed by atoms with van der Waals surface area (Å²) >= 11 is 0. The normalized spacial score (nSPS) is 30.4. The SMILES string of the molecule is Cn1ccnc1[C@@H]1OCCC[C@H]1C(=O)NCC1(C2(O)CCC2)CC1. The molecule has 0 bridgehead atoms. The lowest BCUT2D eigenvalue weighted by atomic mass is 9.68. The molecule has 0 aromatic carbocycles. The van der Waals surface area contributed by atoms with Crippen LogP contribution in [0.5, 0.6) is 0 Å². The Morgan fingerprint density at radius 1 is 1.42 bits per heavy atom. The van der Waals surface area contributed by atoms with Gasteiger partial charge in [-0.3, -0.25) is 4.79 Å². The van der Waals surface area contributed by atoms with Crippen molar-refractivity contribution in [1.82, 2.24) is 14.9 Å². The van der Waals surface area contributed by atoms with Crippen molar-refractivity contribution in [2.24, 2.45) is 18.4 Å². The van der Waals surface area contributed by atoms with Crippen LogP contribution in [0.3, 0.4) is 0 Å². The standard InChI is InChI=1S/C18H27N3O3/c1-21-10-9-19-15(21)14-13(4-2-11-24-14)16(22)20-12-17(7-8-17)18(23)5-3-6-18/h9-10,13-14,23H,2-8,11-12H2,1H3,(H,20,22)/t13-,14-/m1/s1. The van der Waals surface area contributed by atoms with E-state index in [1.807, 2.05) is 17.8 Å². The number of carbonyl (C=O) groups is 1. The summed E-state index contributed by atoms with van der Waals surface area (Å²) < 4.78 is 7.82. The molecule has 0 spiro atoms. The maximum absolute atomic E-state index is 12.8. The molecule has 3 aliphatic rings. The monoisotopic (exact) mass is 333 g/mol. The van der Waals surface area contributed by atoms with Crippen molar-refractivity contribution < 1.29 is 14.6 Å². The minimum Gasteiger partial charge on any atom is -0.389 e. The first-order chi connectivity index (χ1) is 11.5. The zero-order valence-corrected chi connectivity index (χ0v) is 14.3. The van der Waals surface area contributed by atoms with Gasteiger partial charge in [0.05, 0.1) is 11.5 Å². The lowest BCUT2D eigenvalue weighted by Gasteiger charge is -2.44. The topological polar surface area (TPSA) is 76.4 Å². The summed E-state index contributed by atoms with van der Waals surface area (Å²) in [6.45, 7) is 1.26. The van der Waals surface area contributed by atoms with Crippen LogP contribution in [0.1, 0.15) is 56.9 Å². The number of hydrogen-bond donors (Lipinski definition) is 2. The number of aromatic nitrogens is 2. The summed E-state index contributed by atoms with van der Waals surface area (Å²) in [4.78, 5) is 17.2. The molecule has 2 heterocycles. The molecule has 1 aromatic rings. The van der Waals surface area contributed by atoms with E-state index in [1.54, 1.807) is 6.20 Å². The number of amides is 1. The first kappa shape index (κ1) is 16.1. The highest BCUT2D eigenvalue weighted by molar-refractivity contribution is 5.79. The number of imidazole rings is 1. The molecule has 2 aliphatic carbocycles. The summed E-state index contributed by atoms with van der Waals surface area (Å²) in [7, 11) is 1.93. The largest absolute Gasteiger partial charge is 0.389 e. The average molecular weight is 333 g/mol. The highest BCUT2D eigenvalue weighted by Gasteiger charge is 2.60. The number of carbonyl (C=O) groups excluding carboxylic acids is 1. The third kappa shape index (κ3) is 2.56. The van der Waals surface area contributed by atoms with Crippen LogP contribution in [0.4, 0.5) is 0 Å². The van der Waals surface area contributed by atoms with Crippen molar-refractivity contribution >= 4 is 5.91 Å². The number of rotatable bonds is 5. The molecule has 3 fully saturated rings. The molecule has 1 saturated heterocycles. The Kier molecular flexibility index (Phi) is 3.92. The van der Waals surface area contributed by atoms with E-state index < -0.39 is 5.60 Å². The Labute approximate surface area is 142 Å². The fraction of sp³-hybridized carbons (Fsp3) is 0.778.